The summed E-state index contributed by atoms with van der Waals surface area (Å²) in [6.07, 6.45) is 0. The van der Waals surface area contributed by atoms with E-state index in [0.29, 0.717) is 17.5 Å². The Hall–Kier alpha value is -1.17. The van der Waals surface area contributed by atoms with Crippen LogP contribution in [-0.4, -0.2) is 24.2 Å². The van der Waals surface area contributed by atoms with Gasteiger partial charge in [-0.05, 0) is 29.8 Å². The molecule has 0 saturated carbocycles. The Labute approximate surface area is 124 Å². The van der Waals surface area contributed by atoms with Crippen LogP contribution in [0.25, 0.3) is 10.9 Å². The average Bonchev–Trinajstić information content (AvgIpc) is 2.36. The minimum atomic E-state index is -1.13. The molecule has 6 heteroatoms. The van der Waals surface area contributed by atoms with Crippen LogP contribution in [0.3, 0.4) is 0 Å². The van der Waals surface area contributed by atoms with Crippen LogP contribution in [-0.2, 0) is 11.5 Å². The first kappa shape index (κ1) is 15.2. The summed E-state index contributed by atoms with van der Waals surface area (Å²) >= 11 is 6.06. The predicted octanol–water partition coefficient (Wildman–Crippen LogP) is 3.36. The molecule has 0 amide bonds. The number of aromatic nitrogens is 2. The van der Waals surface area contributed by atoms with E-state index < -0.39 is 8.07 Å². The van der Waals surface area contributed by atoms with Crippen LogP contribution < -0.4 is 5.56 Å². The fraction of sp³-hybridized carbons (Fsp3) is 0.429. The molecule has 1 heterocycles. The lowest BCUT2D eigenvalue weighted by molar-refractivity contribution is 0.0846. The molecule has 0 radical (unpaired) electrons. The van der Waals surface area contributed by atoms with Crippen molar-refractivity contribution in [2.24, 2.45) is 0 Å². The molecular formula is C14H19ClN2O2Si. The number of hydrogen-bond acceptors (Lipinski definition) is 3. The predicted molar refractivity (Wildman–Crippen MR) is 85.1 cm³/mol. The zero-order chi connectivity index (χ0) is 14.8. The number of ether oxygens (including phenoxy) is 1. The van der Waals surface area contributed by atoms with Gasteiger partial charge >= 0.3 is 0 Å². The molecule has 0 bridgehead atoms. The van der Waals surface area contributed by atoms with Crippen LogP contribution in [0.15, 0.2) is 29.1 Å². The van der Waals surface area contributed by atoms with Crippen molar-refractivity contribution in [3.05, 3.63) is 39.9 Å². The number of rotatable bonds is 5. The second-order valence-electron chi connectivity index (χ2n) is 5.98. The molecule has 0 aliphatic rings. The summed E-state index contributed by atoms with van der Waals surface area (Å²) in [6, 6.07) is 8.23. The van der Waals surface area contributed by atoms with Crippen molar-refractivity contribution in [2.75, 3.05) is 6.61 Å². The van der Waals surface area contributed by atoms with Gasteiger partial charge in [-0.25, -0.2) is 4.98 Å². The first-order valence-electron chi connectivity index (χ1n) is 6.61. The zero-order valence-electron chi connectivity index (χ0n) is 12.0. The maximum absolute atomic E-state index is 12.3. The summed E-state index contributed by atoms with van der Waals surface area (Å²) in [5, 5.41) is 0.729. The van der Waals surface area contributed by atoms with Crippen molar-refractivity contribution in [3.63, 3.8) is 0 Å². The largest absolute Gasteiger partial charge is 0.361 e. The van der Waals surface area contributed by atoms with Crippen molar-refractivity contribution >= 4 is 30.6 Å². The zero-order valence-corrected chi connectivity index (χ0v) is 13.8. The molecule has 0 aliphatic heterocycles. The van der Waals surface area contributed by atoms with E-state index in [1.165, 1.54) is 4.57 Å². The second-order valence-corrected chi connectivity index (χ2v) is 11.9. The van der Waals surface area contributed by atoms with Crippen LogP contribution >= 0.6 is 11.6 Å². The number of hydrogen-bond donors (Lipinski definition) is 0. The third kappa shape index (κ3) is 3.68. The first-order valence-corrected chi connectivity index (χ1v) is 10.7. The van der Waals surface area contributed by atoms with Gasteiger partial charge in [-0.2, -0.15) is 0 Å². The summed E-state index contributed by atoms with van der Waals surface area (Å²) in [7, 11) is -1.13. The van der Waals surface area contributed by atoms with Gasteiger partial charge in [0, 0.05) is 14.7 Å². The van der Waals surface area contributed by atoms with Crippen LogP contribution in [0.1, 0.15) is 0 Å². The third-order valence-corrected chi connectivity index (χ3v) is 5.02. The maximum atomic E-state index is 12.3. The quantitative estimate of drug-likeness (QED) is 0.483. The monoisotopic (exact) mass is 310 g/mol. The molecule has 0 saturated heterocycles. The molecule has 1 aromatic heterocycles. The molecular weight excluding hydrogens is 292 g/mol. The maximum Gasteiger partial charge on any atom is 0.264 e. The Balaban J connectivity index is 2.16. The molecule has 0 unspecified atom stereocenters. The summed E-state index contributed by atoms with van der Waals surface area (Å²) in [6.45, 7) is 7.65. The standard InChI is InChI=1S/C14H19ClN2O2Si/c1-20(2,3)9-8-19-10-17-13(18)11-6-4-5-7-12(11)16-14(17)15/h4-7H,8-10H2,1-3H3. The topological polar surface area (TPSA) is 44.1 Å². The lowest BCUT2D eigenvalue weighted by Gasteiger charge is -2.16. The fourth-order valence-corrected chi connectivity index (χ4v) is 2.76. The molecule has 2 rings (SSSR count). The smallest absolute Gasteiger partial charge is 0.264 e. The van der Waals surface area contributed by atoms with E-state index in [0.717, 1.165) is 6.04 Å². The molecule has 20 heavy (non-hydrogen) atoms. The lowest BCUT2D eigenvalue weighted by Crippen LogP contribution is -2.26. The summed E-state index contributed by atoms with van der Waals surface area (Å²) < 4.78 is 6.95. The molecule has 2 aromatic rings. The second kappa shape index (κ2) is 6.07. The van der Waals surface area contributed by atoms with Gasteiger partial charge in [0.05, 0.1) is 10.9 Å². The van der Waals surface area contributed by atoms with Crippen molar-refractivity contribution in [1.82, 2.24) is 9.55 Å². The highest BCUT2D eigenvalue weighted by Crippen LogP contribution is 2.12. The SMILES string of the molecule is C[Si](C)(C)CCOCn1c(Cl)nc2ccccc2c1=O. The summed E-state index contributed by atoms with van der Waals surface area (Å²) in [5.74, 6) is 0. The number of nitrogens with zero attached hydrogens (tertiary/aromatic N) is 2. The van der Waals surface area contributed by atoms with Crippen molar-refractivity contribution < 1.29 is 4.74 Å². The Morgan fingerprint density at radius 2 is 2.00 bits per heavy atom. The van der Waals surface area contributed by atoms with E-state index in [-0.39, 0.29) is 17.6 Å². The fourth-order valence-electron chi connectivity index (χ4n) is 1.79. The normalized spacial score (nSPS) is 12.0. The highest BCUT2D eigenvalue weighted by Gasteiger charge is 2.13. The van der Waals surface area contributed by atoms with E-state index in [1.54, 1.807) is 12.1 Å². The lowest BCUT2D eigenvalue weighted by atomic mass is 10.2. The van der Waals surface area contributed by atoms with Gasteiger partial charge < -0.3 is 4.74 Å². The minimum Gasteiger partial charge on any atom is -0.361 e. The number of fused-ring (bicyclic) bond motifs is 1. The Morgan fingerprint density at radius 1 is 1.30 bits per heavy atom. The van der Waals surface area contributed by atoms with E-state index in [1.807, 2.05) is 12.1 Å². The van der Waals surface area contributed by atoms with E-state index in [4.69, 9.17) is 16.3 Å². The third-order valence-electron chi connectivity index (χ3n) is 3.03. The van der Waals surface area contributed by atoms with E-state index in [9.17, 15) is 4.79 Å². The molecule has 0 spiro atoms. The molecule has 0 atom stereocenters. The van der Waals surface area contributed by atoms with Gasteiger partial charge in [0.2, 0.25) is 5.28 Å². The average molecular weight is 311 g/mol. The van der Waals surface area contributed by atoms with Crippen LogP contribution in [0.2, 0.25) is 31.0 Å². The van der Waals surface area contributed by atoms with Gasteiger partial charge in [-0.3, -0.25) is 9.36 Å². The first-order chi connectivity index (χ1) is 9.38. The van der Waals surface area contributed by atoms with Gasteiger partial charge in [0.1, 0.15) is 6.73 Å². The van der Waals surface area contributed by atoms with Crippen molar-refractivity contribution in [2.45, 2.75) is 32.4 Å². The molecule has 4 nitrogen and oxygen atoms in total. The van der Waals surface area contributed by atoms with Crippen molar-refractivity contribution in [3.8, 4) is 0 Å². The highest BCUT2D eigenvalue weighted by molar-refractivity contribution is 6.76. The Kier molecular flexibility index (Phi) is 4.62. The van der Waals surface area contributed by atoms with E-state index >= 15 is 0 Å². The molecule has 108 valence electrons. The van der Waals surface area contributed by atoms with Gasteiger partial charge in [-0.15, -0.1) is 0 Å². The minimum absolute atomic E-state index is 0.153. The summed E-state index contributed by atoms with van der Waals surface area (Å²) in [5.41, 5.74) is 0.453. The van der Waals surface area contributed by atoms with Crippen LogP contribution in [0, 0.1) is 0 Å². The number of para-hydroxylation sites is 1. The Morgan fingerprint density at radius 3 is 2.70 bits per heavy atom. The molecule has 0 aliphatic carbocycles. The van der Waals surface area contributed by atoms with Gasteiger partial charge in [-0.1, -0.05) is 31.8 Å². The van der Waals surface area contributed by atoms with Crippen LogP contribution in [0.5, 0.6) is 0 Å². The highest BCUT2D eigenvalue weighted by atomic mass is 35.5. The Bertz CT molecular complexity index is 664. The number of halogens is 1. The summed E-state index contributed by atoms with van der Waals surface area (Å²) in [4.78, 5) is 16.5. The number of benzene rings is 1. The van der Waals surface area contributed by atoms with Crippen molar-refractivity contribution in [1.29, 1.82) is 0 Å². The van der Waals surface area contributed by atoms with E-state index in [2.05, 4.69) is 24.6 Å². The molecule has 0 fully saturated rings. The van der Waals surface area contributed by atoms with Crippen LogP contribution in [0.4, 0.5) is 0 Å². The van der Waals surface area contributed by atoms with Gasteiger partial charge in [0.25, 0.3) is 5.56 Å². The van der Waals surface area contributed by atoms with Gasteiger partial charge in [0.15, 0.2) is 0 Å². The molecule has 0 N–H and O–H groups in total. The molecule has 1 aromatic carbocycles.